The lowest BCUT2D eigenvalue weighted by atomic mass is 9.74. The number of ketones is 1. The molecule has 0 bridgehead atoms. The molecule has 1 aliphatic rings. The first-order chi connectivity index (χ1) is 8.24. The zero-order chi connectivity index (χ0) is 12.3. The Morgan fingerprint density at radius 3 is 2.71 bits per heavy atom. The van der Waals surface area contributed by atoms with Crippen molar-refractivity contribution in [3.8, 4) is 0 Å². The first kappa shape index (κ1) is 12.3. The van der Waals surface area contributed by atoms with Crippen LogP contribution in [0.25, 0.3) is 0 Å². The van der Waals surface area contributed by atoms with E-state index in [1.807, 2.05) is 13.1 Å². The molecule has 0 aromatic heterocycles. The molecule has 1 atom stereocenters. The van der Waals surface area contributed by atoms with Crippen molar-refractivity contribution in [2.75, 3.05) is 7.05 Å². The molecule has 0 saturated heterocycles. The predicted octanol–water partition coefficient (Wildman–Crippen LogP) is 2.81. The number of hydrogen-bond donors (Lipinski definition) is 1. The van der Waals surface area contributed by atoms with Gasteiger partial charge < -0.3 is 5.32 Å². The van der Waals surface area contributed by atoms with Crippen molar-refractivity contribution >= 4 is 5.78 Å². The third-order valence-corrected chi connectivity index (χ3v) is 3.97. The molecule has 0 unspecified atom stereocenters. The van der Waals surface area contributed by atoms with Gasteiger partial charge >= 0.3 is 0 Å². The van der Waals surface area contributed by atoms with E-state index in [0.717, 1.165) is 25.7 Å². The molecule has 1 aromatic carbocycles. The third kappa shape index (κ3) is 2.02. The maximum absolute atomic E-state index is 12.4. The molecular weight excluding hydrogens is 210 g/mol. The van der Waals surface area contributed by atoms with E-state index < -0.39 is 5.54 Å². The zero-order valence-corrected chi connectivity index (χ0v) is 10.8. The van der Waals surface area contributed by atoms with Gasteiger partial charge in [-0.15, -0.1) is 0 Å². The molecule has 1 N–H and O–H groups in total. The largest absolute Gasteiger partial charge is 0.304 e. The van der Waals surface area contributed by atoms with Crippen molar-refractivity contribution in [1.29, 1.82) is 0 Å². The number of rotatable bonds is 3. The molecule has 2 heteroatoms. The maximum atomic E-state index is 12.4. The van der Waals surface area contributed by atoms with E-state index in [0.29, 0.717) is 12.2 Å². The van der Waals surface area contributed by atoms with Crippen LogP contribution in [0.4, 0.5) is 0 Å². The number of nitrogens with one attached hydrogen (secondary N) is 1. The lowest BCUT2D eigenvalue weighted by molar-refractivity contribution is -0.127. The Labute approximate surface area is 103 Å². The van der Waals surface area contributed by atoms with E-state index in [1.54, 1.807) is 0 Å². The fourth-order valence-electron chi connectivity index (χ4n) is 2.96. The monoisotopic (exact) mass is 231 g/mol. The number of benzene rings is 1. The Morgan fingerprint density at radius 1 is 1.29 bits per heavy atom. The summed E-state index contributed by atoms with van der Waals surface area (Å²) in [6.45, 7) is 2.15. The molecule has 2 rings (SSSR count). The second kappa shape index (κ2) is 5.01. The highest BCUT2D eigenvalue weighted by atomic mass is 16.1. The van der Waals surface area contributed by atoms with E-state index in [4.69, 9.17) is 0 Å². The quantitative estimate of drug-likeness (QED) is 0.866. The molecule has 1 aliphatic carbocycles. The average Bonchev–Trinajstić information content (AvgIpc) is 2.40. The minimum absolute atomic E-state index is 0.354. The van der Waals surface area contributed by atoms with Gasteiger partial charge in [0, 0.05) is 6.42 Å². The van der Waals surface area contributed by atoms with E-state index in [1.165, 1.54) is 11.1 Å². The van der Waals surface area contributed by atoms with Gasteiger partial charge in [-0.25, -0.2) is 0 Å². The number of carbonyl (C=O) groups excluding carboxylic acids is 1. The fraction of sp³-hybridized carbons (Fsp3) is 0.533. The van der Waals surface area contributed by atoms with Crippen LogP contribution >= 0.6 is 0 Å². The molecule has 1 fully saturated rings. The molecule has 0 aliphatic heterocycles. The number of carbonyl (C=O) groups is 1. The van der Waals surface area contributed by atoms with Crippen LogP contribution in [-0.2, 0) is 16.8 Å². The molecule has 0 spiro atoms. The summed E-state index contributed by atoms with van der Waals surface area (Å²) in [5.74, 6) is 0.354. The molecule has 1 aromatic rings. The Hall–Kier alpha value is -1.15. The van der Waals surface area contributed by atoms with Crippen LogP contribution in [0.15, 0.2) is 24.3 Å². The van der Waals surface area contributed by atoms with Crippen LogP contribution in [-0.4, -0.2) is 12.8 Å². The lowest BCUT2D eigenvalue weighted by Gasteiger charge is -2.37. The maximum Gasteiger partial charge on any atom is 0.157 e. The van der Waals surface area contributed by atoms with Gasteiger partial charge in [-0.1, -0.05) is 37.6 Å². The Kier molecular flexibility index (Phi) is 3.63. The SMILES string of the molecule is CCc1ccccc1[C@@]1(NC)CCCCC1=O. The van der Waals surface area contributed by atoms with Gasteiger partial charge in [0.25, 0.3) is 0 Å². The van der Waals surface area contributed by atoms with Gasteiger partial charge in [0.15, 0.2) is 5.78 Å². The smallest absolute Gasteiger partial charge is 0.157 e. The fourth-order valence-corrected chi connectivity index (χ4v) is 2.96. The van der Waals surface area contributed by atoms with Crippen molar-refractivity contribution in [3.05, 3.63) is 35.4 Å². The van der Waals surface area contributed by atoms with Crippen LogP contribution in [0.1, 0.15) is 43.7 Å². The Balaban J connectivity index is 2.49. The highest BCUT2D eigenvalue weighted by molar-refractivity contribution is 5.90. The molecule has 92 valence electrons. The normalized spacial score (nSPS) is 24.9. The van der Waals surface area contributed by atoms with E-state index in [9.17, 15) is 4.79 Å². The summed E-state index contributed by atoms with van der Waals surface area (Å²) in [5.41, 5.74) is 2.05. The summed E-state index contributed by atoms with van der Waals surface area (Å²) in [6, 6.07) is 8.34. The summed E-state index contributed by atoms with van der Waals surface area (Å²) >= 11 is 0. The van der Waals surface area contributed by atoms with E-state index in [-0.39, 0.29) is 0 Å². The van der Waals surface area contributed by atoms with Crippen LogP contribution in [0, 0.1) is 0 Å². The highest BCUT2D eigenvalue weighted by Crippen LogP contribution is 2.36. The first-order valence-electron chi connectivity index (χ1n) is 6.55. The minimum atomic E-state index is -0.426. The second-order valence-corrected chi connectivity index (χ2v) is 4.80. The lowest BCUT2D eigenvalue weighted by Crippen LogP contribution is -2.49. The summed E-state index contributed by atoms with van der Waals surface area (Å²) < 4.78 is 0. The summed E-state index contributed by atoms with van der Waals surface area (Å²) in [5, 5.41) is 3.31. The summed E-state index contributed by atoms with van der Waals surface area (Å²) in [7, 11) is 1.91. The molecule has 17 heavy (non-hydrogen) atoms. The van der Waals surface area contributed by atoms with Crippen molar-refractivity contribution in [2.24, 2.45) is 0 Å². The number of hydrogen-bond acceptors (Lipinski definition) is 2. The van der Waals surface area contributed by atoms with Crippen molar-refractivity contribution in [3.63, 3.8) is 0 Å². The third-order valence-electron chi connectivity index (χ3n) is 3.97. The number of aryl methyl sites for hydroxylation is 1. The molecule has 1 saturated carbocycles. The molecule has 0 amide bonds. The standard InChI is InChI=1S/C15H21NO/c1-3-12-8-4-5-9-13(12)15(16-2)11-7-6-10-14(15)17/h4-5,8-9,16H,3,6-7,10-11H2,1-2H3/t15-/m0/s1. The van der Waals surface area contributed by atoms with Gasteiger partial charge in [0.2, 0.25) is 0 Å². The van der Waals surface area contributed by atoms with E-state index >= 15 is 0 Å². The molecule has 0 radical (unpaired) electrons. The van der Waals surface area contributed by atoms with Gasteiger partial charge in [0.05, 0.1) is 0 Å². The van der Waals surface area contributed by atoms with Crippen molar-refractivity contribution in [1.82, 2.24) is 5.32 Å². The highest BCUT2D eigenvalue weighted by Gasteiger charge is 2.40. The summed E-state index contributed by atoms with van der Waals surface area (Å²) in [6.07, 6.45) is 4.78. The second-order valence-electron chi connectivity index (χ2n) is 4.80. The minimum Gasteiger partial charge on any atom is -0.304 e. The van der Waals surface area contributed by atoms with Crippen LogP contribution in [0.5, 0.6) is 0 Å². The van der Waals surface area contributed by atoms with Gasteiger partial charge in [-0.2, -0.15) is 0 Å². The predicted molar refractivity (Wildman–Crippen MR) is 70.0 cm³/mol. The topological polar surface area (TPSA) is 29.1 Å². The van der Waals surface area contributed by atoms with Crippen molar-refractivity contribution in [2.45, 2.75) is 44.6 Å². The zero-order valence-electron chi connectivity index (χ0n) is 10.8. The van der Waals surface area contributed by atoms with Gasteiger partial charge in [-0.05, 0) is 37.4 Å². The Morgan fingerprint density at radius 2 is 2.06 bits per heavy atom. The van der Waals surface area contributed by atoms with Gasteiger partial charge in [-0.3, -0.25) is 4.79 Å². The Bertz CT molecular complexity index is 413. The van der Waals surface area contributed by atoms with Crippen LogP contribution in [0.3, 0.4) is 0 Å². The first-order valence-corrected chi connectivity index (χ1v) is 6.55. The molecule has 0 heterocycles. The van der Waals surface area contributed by atoms with E-state index in [2.05, 4.69) is 30.4 Å². The molecule has 2 nitrogen and oxygen atoms in total. The van der Waals surface area contributed by atoms with Crippen LogP contribution < -0.4 is 5.32 Å². The number of likely N-dealkylation sites (N-methyl/N-ethyl adjacent to an activating group) is 1. The summed E-state index contributed by atoms with van der Waals surface area (Å²) in [4.78, 5) is 12.4. The average molecular weight is 231 g/mol. The van der Waals surface area contributed by atoms with Gasteiger partial charge in [0.1, 0.15) is 5.54 Å². The number of Topliss-reactive ketones (excluding diaryl/α,β-unsaturated/α-hetero) is 1. The molecular formula is C15H21NO. The van der Waals surface area contributed by atoms with Crippen LogP contribution in [0.2, 0.25) is 0 Å². The van der Waals surface area contributed by atoms with Crippen molar-refractivity contribution < 1.29 is 4.79 Å².